The van der Waals surface area contributed by atoms with Crippen LogP contribution >= 0.6 is 11.6 Å². The molecule has 2 aromatic rings. The molecule has 2 N–H and O–H groups in total. The van der Waals surface area contributed by atoms with Gasteiger partial charge in [0.25, 0.3) is 0 Å². The quantitative estimate of drug-likeness (QED) is 0.842. The standard InChI is InChI=1S/C13H12ClN3O2/c14-9-4-2-1-3-8(9)12-15-10-5-6-17(13(18)19)7-11(10)16-12/h1-4H,5-7H2,(H,15,16)(H,18,19). The molecule has 0 unspecified atom stereocenters. The molecule has 2 heterocycles. The number of carbonyl (C=O) groups is 1. The number of amides is 1. The first-order valence-corrected chi connectivity index (χ1v) is 6.33. The van der Waals surface area contributed by atoms with Crippen LogP contribution in [-0.4, -0.2) is 32.6 Å². The van der Waals surface area contributed by atoms with Gasteiger partial charge in [-0.1, -0.05) is 23.7 Å². The lowest BCUT2D eigenvalue weighted by atomic mass is 10.1. The first-order chi connectivity index (χ1) is 9.15. The molecule has 0 atom stereocenters. The SMILES string of the molecule is O=C(O)N1CCc2nc(-c3ccccc3Cl)[nH]c2C1. The van der Waals surface area contributed by atoms with Gasteiger partial charge in [0, 0.05) is 18.5 Å². The van der Waals surface area contributed by atoms with Crippen molar-refractivity contribution in [2.75, 3.05) is 6.54 Å². The number of halogens is 1. The molecule has 0 saturated heterocycles. The highest BCUT2D eigenvalue weighted by atomic mass is 35.5. The molecule has 5 nitrogen and oxygen atoms in total. The highest BCUT2D eigenvalue weighted by Crippen LogP contribution is 2.27. The van der Waals surface area contributed by atoms with Crippen molar-refractivity contribution in [2.24, 2.45) is 0 Å². The molecular formula is C13H12ClN3O2. The monoisotopic (exact) mass is 277 g/mol. The number of carboxylic acid groups (broad SMARTS) is 1. The van der Waals surface area contributed by atoms with Crippen LogP contribution in [0.1, 0.15) is 11.4 Å². The molecular weight excluding hydrogens is 266 g/mol. The van der Waals surface area contributed by atoms with Gasteiger partial charge in [-0.15, -0.1) is 0 Å². The number of hydrogen-bond acceptors (Lipinski definition) is 2. The van der Waals surface area contributed by atoms with Crippen LogP contribution in [0.5, 0.6) is 0 Å². The molecule has 98 valence electrons. The summed E-state index contributed by atoms with van der Waals surface area (Å²) in [6.45, 7) is 0.831. The summed E-state index contributed by atoms with van der Waals surface area (Å²) in [4.78, 5) is 20.0. The first kappa shape index (κ1) is 12.0. The average molecular weight is 278 g/mol. The maximum Gasteiger partial charge on any atom is 0.407 e. The predicted molar refractivity (Wildman–Crippen MR) is 71.2 cm³/mol. The molecule has 0 radical (unpaired) electrons. The fourth-order valence-electron chi connectivity index (χ4n) is 2.24. The Balaban J connectivity index is 1.96. The number of nitrogens with zero attached hydrogens (tertiary/aromatic N) is 2. The molecule has 1 aliphatic heterocycles. The summed E-state index contributed by atoms with van der Waals surface area (Å²) in [5, 5.41) is 9.63. The van der Waals surface area contributed by atoms with Crippen molar-refractivity contribution >= 4 is 17.7 Å². The van der Waals surface area contributed by atoms with Crippen LogP contribution < -0.4 is 0 Å². The highest BCUT2D eigenvalue weighted by Gasteiger charge is 2.23. The Morgan fingerprint density at radius 1 is 1.42 bits per heavy atom. The van der Waals surface area contributed by atoms with Crippen molar-refractivity contribution in [3.8, 4) is 11.4 Å². The third-order valence-corrected chi connectivity index (χ3v) is 3.56. The van der Waals surface area contributed by atoms with Crippen molar-refractivity contribution in [1.82, 2.24) is 14.9 Å². The molecule has 3 rings (SSSR count). The van der Waals surface area contributed by atoms with Gasteiger partial charge in [-0.2, -0.15) is 0 Å². The number of nitrogens with one attached hydrogen (secondary N) is 1. The van der Waals surface area contributed by atoms with E-state index in [9.17, 15) is 4.79 Å². The number of benzene rings is 1. The zero-order chi connectivity index (χ0) is 13.4. The summed E-state index contributed by atoms with van der Waals surface area (Å²) >= 11 is 6.14. The Bertz CT molecular complexity index is 639. The van der Waals surface area contributed by atoms with E-state index in [2.05, 4.69) is 9.97 Å². The van der Waals surface area contributed by atoms with Gasteiger partial charge in [-0.25, -0.2) is 9.78 Å². The minimum Gasteiger partial charge on any atom is -0.465 e. The highest BCUT2D eigenvalue weighted by molar-refractivity contribution is 6.33. The molecule has 0 bridgehead atoms. The van der Waals surface area contributed by atoms with E-state index in [-0.39, 0.29) is 0 Å². The van der Waals surface area contributed by atoms with E-state index in [1.807, 2.05) is 24.3 Å². The summed E-state index contributed by atoms with van der Waals surface area (Å²) in [5.41, 5.74) is 2.61. The van der Waals surface area contributed by atoms with Crippen LogP contribution in [0.2, 0.25) is 5.02 Å². The lowest BCUT2D eigenvalue weighted by Gasteiger charge is -2.22. The van der Waals surface area contributed by atoms with Crippen LogP contribution in [0.4, 0.5) is 4.79 Å². The Labute approximate surface area is 114 Å². The molecule has 0 spiro atoms. The van der Waals surface area contributed by atoms with Crippen molar-refractivity contribution < 1.29 is 9.90 Å². The lowest BCUT2D eigenvalue weighted by Crippen LogP contribution is -2.34. The number of H-pyrrole nitrogens is 1. The van der Waals surface area contributed by atoms with Gasteiger partial charge in [0.15, 0.2) is 0 Å². The van der Waals surface area contributed by atoms with E-state index in [0.717, 1.165) is 17.0 Å². The lowest BCUT2D eigenvalue weighted by molar-refractivity contribution is 0.139. The van der Waals surface area contributed by atoms with Crippen molar-refractivity contribution in [2.45, 2.75) is 13.0 Å². The summed E-state index contributed by atoms with van der Waals surface area (Å²) in [5.74, 6) is 0.697. The molecule has 1 amide bonds. The number of aromatic amines is 1. The van der Waals surface area contributed by atoms with E-state index < -0.39 is 6.09 Å². The van der Waals surface area contributed by atoms with Crippen LogP contribution in [0.15, 0.2) is 24.3 Å². The van der Waals surface area contributed by atoms with Gasteiger partial charge >= 0.3 is 6.09 Å². The fraction of sp³-hybridized carbons (Fsp3) is 0.231. The van der Waals surface area contributed by atoms with E-state index in [1.54, 1.807) is 0 Å². The van der Waals surface area contributed by atoms with Gasteiger partial charge in [-0.05, 0) is 12.1 Å². The van der Waals surface area contributed by atoms with Crippen LogP contribution in [0, 0.1) is 0 Å². The van der Waals surface area contributed by atoms with Crippen molar-refractivity contribution in [3.63, 3.8) is 0 Å². The van der Waals surface area contributed by atoms with E-state index in [4.69, 9.17) is 16.7 Å². The molecule has 6 heteroatoms. The van der Waals surface area contributed by atoms with Crippen molar-refractivity contribution in [1.29, 1.82) is 0 Å². The topological polar surface area (TPSA) is 69.2 Å². The molecule has 1 aromatic carbocycles. The molecule has 0 saturated carbocycles. The van der Waals surface area contributed by atoms with Gasteiger partial charge in [0.05, 0.1) is 23.0 Å². The number of fused-ring (bicyclic) bond motifs is 1. The minimum absolute atomic E-state index is 0.349. The third-order valence-electron chi connectivity index (χ3n) is 3.23. The maximum atomic E-state index is 11.0. The first-order valence-electron chi connectivity index (χ1n) is 5.95. The Morgan fingerprint density at radius 3 is 2.95 bits per heavy atom. The van der Waals surface area contributed by atoms with Gasteiger partial charge in [-0.3, -0.25) is 0 Å². The van der Waals surface area contributed by atoms with Crippen LogP contribution in [0.3, 0.4) is 0 Å². The smallest absolute Gasteiger partial charge is 0.407 e. The number of rotatable bonds is 1. The second-order valence-electron chi connectivity index (χ2n) is 4.44. The van der Waals surface area contributed by atoms with Gasteiger partial charge in [0.2, 0.25) is 0 Å². The zero-order valence-corrected chi connectivity index (χ0v) is 10.8. The third kappa shape index (κ3) is 2.17. The summed E-state index contributed by atoms with van der Waals surface area (Å²) in [6, 6.07) is 7.46. The molecule has 1 aromatic heterocycles. The molecule has 0 aliphatic carbocycles. The zero-order valence-electron chi connectivity index (χ0n) is 10.1. The normalized spacial score (nSPS) is 14.3. The van der Waals surface area contributed by atoms with E-state index >= 15 is 0 Å². The molecule has 1 aliphatic rings. The van der Waals surface area contributed by atoms with Crippen LogP contribution in [-0.2, 0) is 13.0 Å². The maximum absolute atomic E-state index is 11.0. The van der Waals surface area contributed by atoms with E-state index in [1.165, 1.54) is 4.90 Å². The predicted octanol–water partition coefficient (Wildman–Crippen LogP) is 2.77. The summed E-state index contributed by atoms with van der Waals surface area (Å²) in [6.07, 6.45) is -0.276. The summed E-state index contributed by atoms with van der Waals surface area (Å²) in [7, 11) is 0. The minimum atomic E-state index is -0.903. The fourth-order valence-corrected chi connectivity index (χ4v) is 2.46. The summed E-state index contributed by atoms with van der Waals surface area (Å²) < 4.78 is 0. The average Bonchev–Trinajstić information content (AvgIpc) is 2.81. The Kier molecular flexibility index (Phi) is 2.91. The van der Waals surface area contributed by atoms with Gasteiger partial charge < -0.3 is 15.0 Å². The Hall–Kier alpha value is -2.01. The number of aromatic nitrogens is 2. The van der Waals surface area contributed by atoms with E-state index in [0.29, 0.717) is 30.4 Å². The second-order valence-corrected chi connectivity index (χ2v) is 4.85. The largest absolute Gasteiger partial charge is 0.465 e. The molecule has 0 fully saturated rings. The Morgan fingerprint density at radius 2 is 2.21 bits per heavy atom. The van der Waals surface area contributed by atoms with Crippen molar-refractivity contribution in [3.05, 3.63) is 40.7 Å². The number of hydrogen-bond donors (Lipinski definition) is 2. The molecule has 19 heavy (non-hydrogen) atoms. The number of imidazole rings is 1. The second kappa shape index (κ2) is 4.59. The van der Waals surface area contributed by atoms with Gasteiger partial charge in [0.1, 0.15) is 5.82 Å². The van der Waals surface area contributed by atoms with Crippen LogP contribution in [0.25, 0.3) is 11.4 Å².